The summed E-state index contributed by atoms with van der Waals surface area (Å²) in [6.07, 6.45) is 0. The fourth-order valence-electron chi connectivity index (χ4n) is 2.20. The molecule has 10 heteroatoms. The maximum atomic E-state index is 10.8. The maximum Gasteiger partial charge on any atom is 0.232 e. The lowest BCUT2D eigenvalue weighted by Gasteiger charge is -2.15. The molecule has 1 amide bonds. The Morgan fingerprint density at radius 1 is 1.29 bits per heavy atom. The van der Waals surface area contributed by atoms with Crippen LogP contribution >= 0.6 is 11.9 Å². The Bertz CT molecular complexity index is 894. The Balaban J connectivity index is 2.07. The highest BCUT2D eigenvalue weighted by molar-refractivity contribution is 7.97. The van der Waals surface area contributed by atoms with Crippen LogP contribution in [0.25, 0.3) is 0 Å². The van der Waals surface area contributed by atoms with Gasteiger partial charge in [-0.2, -0.15) is 5.26 Å². The van der Waals surface area contributed by atoms with E-state index in [-0.39, 0.29) is 12.4 Å². The number of methoxy groups -OCH3 is 1. The molecule has 0 aliphatic heterocycles. The number of primary amides is 1. The normalized spacial score (nSPS) is 11.0. The summed E-state index contributed by atoms with van der Waals surface area (Å²) >= 11 is 1.22. The van der Waals surface area contributed by atoms with Crippen LogP contribution in [0.1, 0.15) is 16.7 Å². The number of nitriles is 1. The molecule has 9 nitrogen and oxygen atoms in total. The van der Waals surface area contributed by atoms with Crippen molar-refractivity contribution >= 4 is 23.7 Å². The standard InChI is InChI=1S/C18H21N7O2S/c1-27-15-8-14(6-7-16(15)28-23-10-17(20)26)18(21)24-25(22)11-13-4-2-12(9-19)3-5-13/h2-8,23H,10-11,22H2,1H3,(H2,20,26)(H2,21,24). The number of nitrogens with zero attached hydrogens (tertiary/aromatic N) is 3. The van der Waals surface area contributed by atoms with Crippen molar-refractivity contribution in [3.8, 4) is 11.8 Å². The molecule has 0 heterocycles. The lowest BCUT2D eigenvalue weighted by molar-refractivity contribution is -0.116. The molecule has 0 aliphatic carbocycles. The van der Waals surface area contributed by atoms with Gasteiger partial charge in [0.25, 0.3) is 0 Å². The molecule has 0 unspecified atom stereocenters. The molecule has 0 aliphatic rings. The van der Waals surface area contributed by atoms with E-state index in [2.05, 4.69) is 15.9 Å². The molecule has 0 fully saturated rings. The Kier molecular flexibility index (Phi) is 7.65. The fraction of sp³-hybridized carbons (Fsp3) is 0.167. The quantitative estimate of drug-likeness (QED) is 0.157. The summed E-state index contributed by atoms with van der Waals surface area (Å²) < 4.78 is 8.20. The Hall–Kier alpha value is -3.26. The van der Waals surface area contributed by atoms with E-state index in [0.717, 1.165) is 10.5 Å². The fourth-order valence-corrected chi connectivity index (χ4v) is 2.95. The minimum absolute atomic E-state index is 0.0383. The highest BCUT2D eigenvalue weighted by atomic mass is 32.2. The van der Waals surface area contributed by atoms with Crippen LogP contribution in [-0.2, 0) is 11.3 Å². The highest BCUT2D eigenvalue weighted by Crippen LogP contribution is 2.28. The van der Waals surface area contributed by atoms with Crippen molar-refractivity contribution in [3.63, 3.8) is 0 Å². The number of nitrogens with one attached hydrogen (secondary N) is 1. The minimum Gasteiger partial charge on any atom is -0.496 e. The third-order valence-corrected chi connectivity index (χ3v) is 4.40. The third kappa shape index (κ3) is 6.17. The molecular formula is C18H21N7O2S. The zero-order chi connectivity index (χ0) is 20.5. The van der Waals surface area contributed by atoms with Crippen molar-refractivity contribution in [1.82, 2.24) is 9.84 Å². The molecular weight excluding hydrogens is 378 g/mol. The number of carbonyl (C=O) groups is 1. The number of benzene rings is 2. The van der Waals surface area contributed by atoms with Gasteiger partial charge < -0.3 is 16.2 Å². The van der Waals surface area contributed by atoms with Gasteiger partial charge in [-0.3, -0.25) is 9.52 Å². The van der Waals surface area contributed by atoms with E-state index in [1.807, 2.05) is 0 Å². The summed E-state index contributed by atoms with van der Waals surface area (Å²) in [7, 11) is 1.53. The van der Waals surface area contributed by atoms with Gasteiger partial charge in [-0.25, -0.2) is 11.0 Å². The van der Waals surface area contributed by atoms with Crippen LogP contribution in [0, 0.1) is 11.3 Å². The number of carbonyl (C=O) groups excluding carboxylic acids is 1. The van der Waals surface area contributed by atoms with Crippen molar-refractivity contribution in [3.05, 3.63) is 59.2 Å². The first-order chi connectivity index (χ1) is 13.4. The zero-order valence-electron chi connectivity index (χ0n) is 15.3. The topological polar surface area (TPSA) is 156 Å². The predicted molar refractivity (Wildman–Crippen MR) is 108 cm³/mol. The number of amides is 1. The van der Waals surface area contributed by atoms with E-state index >= 15 is 0 Å². The highest BCUT2D eigenvalue weighted by Gasteiger charge is 2.09. The number of nitrogens with two attached hydrogens (primary N) is 3. The molecule has 2 aromatic rings. The monoisotopic (exact) mass is 399 g/mol. The third-order valence-electron chi connectivity index (χ3n) is 3.55. The average molecular weight is 399 g/mol. The van der Waals surface area contributed by atoms with Crippen LogP contribution in [0.2, 0.25) is 0 Å². The van der Waals surface area contributed by atoms with Crippen LogP contribution in [0.15, 0.2) is 52.5 Å². The van der Waals surface area contributed by atoms with E-state index in [4.69, 9.17) is 27.3 Å². The molecule has 0 saturated carbocycles. The lowest BCUT2D eigenvalue weighted by Crippen LogP contribution is -2.29. The Morgan fingerprint density at radius 3 is 2.61 bits per heavy atom. The SMILES string of the molecule is COc1cc(/C(N)=N/N(N)Cc2ccc(C#N)cc2)ccc1SNCC(N)=O. The molecule has 0 radical (unpaired) electrons. The number of hydrogen-bond donors (Lipinski definition) is 4. The Labute approximate surface area is 167 Å². The first-order valence-electron chi connectivity index (χ1n) is 8.14. The summed E-state index contributed by atoms with van der Waals surface area (Å²) in [5.41, 5.74) is 13.3. The van der Waals surface area contributed by atoms with Crippen molar-refractivity contribution in [2.24, 2.45) is 22.4 Å². The van der Waals surface area contributed by atoms with Crippen LogP contribution in [0.4, 0.5) is 0 Å². The average Bonchev–Trinajstić information content (AvgIpc) is 2.68. The largest absolute Gasteiger partial charge is 0.496 e. The minimum atomic E-state index is -0.454. The molecule has 0 saturated heterocycles. The molecule has 0 spiro atoms. The van der Waals surface area contributed by atoms with E-state index in [0.29, 0.717) is 23.4 Å². The maximum absolute atomic E-state index is 10.8. The summed E-state index contributed by atoms with van der Waals surface area (Å²) in [4.78, 5) is 11.6. The molecule has 0 aromatic heterocycles. The van der Waals surface area contributed by atoms with Gasteiger partial charge in [-0.15, -0.1) is 5.10 Å². The van der Waals surface area contributed by atoms with Gasteiger partial charge in [0, 0.05) is 5.56 Å². The Morgan fingerprint density at radius 2 is 2.00 bits per heavy atom. The second-order valence-electron chi connectivity index (χ2n) is 5.65. The second-order valence-corrected chi connectivity index (χ2v) is 6.58. The molecule has 146 valence electrons. The first kappa shape index (κ1) is 21.0. The van der Waals surface area contributed by atoms with Crippen LogP contribution < -0.4 is 26.8 Å². The van der Waals surface area contributed by atoms with Crippen LogP contribution in [0.5, 0.6) is 5.75 Å². The van der Waals surface area contributed by atoms with E-state index < -0.39 is 5.91 Å². The van der Waals surface area contributed by atoms with Gasteiger partial charge in [0.1, 0.15) is 5.75 Å². The van der Waals surface area contributed by atoms with Crippen molar-refractivity contribution < 1.29 is 9.53 Å². The summed E-state index contributed by atoms with van der Waals surface area (Å²) in [5.74, 6) is 6.25. The van der Waals surface area contributed by atoms with Gasteiger partial charge in [0.05, 0.1) is 36.7 Å². The first-order valence-corrected chi connectivity index (χ1v) is 8.96. The summed E-state index contributed by atoms with van der Waals surface area (Å²) in [6.45, 7) is 0.366. The molecule has 0 bridgehead atoms. The summed E-state index contributed by atoms with van der Waals surface area (Å²) in [6, 6.07) is 14.4. The number of hydrazine groups is 1. The van der Waals surface area contributed by atoms with Gasteiger partial charge in [0.2, 0.25) is 5.91 Å². The molecule has 2 rings (SSSR count). The number of hydrazone groups is 1. The second kappa shape index (κ2) is 10.2. The van der Waals surface area contributed by atoms with Crippen molar-refractivity contribution in [2.75, 3.05) is 13.7 Å². The van der Waals surface area contributed by atoms with Gasteiger partial charge in [-0.1, -0.05) is 12.1 Å². The van der Waals surface area contributed by atoms with Gasteiger partial charge in [0.15, 0.2) is 5.84 Å². The number of ether oxygens (including phenoxy) is 1. The molecule has 28 heavy (non-hydrogen) atoms. The lowest BCUT2D eigenvalue weighted by atomic mass is 10.1. The van der Waals surface area contributed by atoms with Crippen molar-refractivity contribution in [2.45, 2.75) is 11.4 Å². The zero-order valence-corrected chi connectivity index (χ0v) is 16.1. The van der Waals surface area contributed by atoms with Crippen LogP contribution in [-0.4, -0.2) is 30.5 Å². The molecule has 7 N–H and O–H groups in total. The van der Waals surface area contributed by atoms with E-state index in [9.17, 15) is 4.79 Å². The number of rotatable bonds is 9. The van der Waals surface area contributed by atoms with Crippen molar-refractivity contribution in [1.29, 1.82) is 5.26 Å². The molecule has 2 aromatic carbocycles. The number of amidine groups is 1. The van der Waals surface area contributed by atoms with Crippen LogP contribution in [0.3, 0.4) is 0 Å². The predicted octanol–water partition coefficient (Wildman–Crippen LogP) is 0.645. The smallest absolute Gasteiger partial charge is 0.232 e. The van der Waals surface area contributed by atoms with E-state index in [1.54, 1.807) is 42.5 Å². The number of hydrogen-bond acceptors (Lipinski definition) is 8. The summed E-state index contributed by atoms with van der Waals surface area (Å²) in [5, 5.41) is 14.2. The van der Waals surface area contributed by atoms with Gasteiger partial charge >= 0.3 is 0 Å². The van der Waals surface area contributed by atoms with Gasteiger partial charge in [-0.05, 0) is 47.8 Å². The van der Waals surface area contributed by atoms with E-state index in [1.165, 1.54) is 24.2 Å². The molecule has 0 atom stereocenters.